The monoisotopic (exact) mass is 584 g/mol. The Kier molecular flexibility index (Phi) is 8.92. The number of benzene rings is 3. The van der Waals surface area contributed by atoms with Crippen molar-refractivity contribution in [3.63, 3.8) is 0 Å². The lowest BCUT2D eigenvalue weighted by Crippen LogP contribution is -2.49. The summed E-state index contributed by atoms with van der Waals surface area (Å²) in [5, 5.41) is 0.442. The number of carbonyl (C=O) groups excluding carboxylic acids is 3. The summed E-state index contributed by atoms with van der Waals surface area (Å²) in [6.45, 7) is 4.12. The molecular weight excluding hydrogens is 552 g/mol. The second-order valence-corrected chi connectivity index (χ2v) is 10.7. The van der Waals surface area contributed by atoms with Gasteiger partial charge in [-0.2, -0.15) is 0 Å². The number of amides is 2. The topological polar surface area (TPSA) is 91.8 Å². The number of amidine groups is 1. The summed E-state index contributed by atoms with van der Waals surface area (Å²) >= 11 is 1.25. The number of anilines is 2. The Morgan fingerprint density at radius 1 is 0.905 bits per heavy atom. The number of ether oxygens (including phenoxy) is 2. The Labute approximate surface area is 249 Å². The van der Waals surface area contributed by atoms with Gasteiger partial charge in [0.2, 0.25) is 5.91 Å². The average Bonchev–Trinajstić information content (AvgIpc) is 3.34. The van der Waals surface area contributed by atoms with Crippen LogP contribution in [0.2, 0.25) is 0 Å². The highest BCUT2D eigenvalue weighted by atomic mass is 32.2. The summed E-state index contributed by atoms with van der Waals surface area (Å²) in [5.41, 5.74) is 3.29. The van der Waals surface area contributed by atoms with Crippen molar-refractivity contribution in [3.8, 4) is 11.5 Å². The number of thioether (sulfide) groups is 1. The zero-order valence-electron chi connectivity index (χ0n) is 23.8. The fourth-order valence-electron chi connectivity index (χ4n) is 4.84. The molecule has 42 heavy (non-hydrogen) atoms. The van der Waals surface area contributed by atoms with Gasteiger partial charge in [-0.05, 0) is 67.6 Å². The van der Waals surface area contributed by atoms with Gasteiger partial charge >= 0.3 is 0 Å². The van der Waals surface area contributed by atoms with Gasteiger partial charge in [0.1, 0.15) is 17.2 Å². The van der Waals surface area contributed by atoms with Gasteiger partial charge in [-0.1, -0.05) is 30.0 Å². The van der Waals surface area contributed by atoms with Gasteiger partial charge in [0.15, 0.2) is 11.0 Å². The predicted molar refractivity (Wildman–Crippen MR) is 167 cm³/mol. The Bertz CT molecular complexity index is 1530. The number of rotatable bonds is 8. The fourth-order valence-corrected chi connectivity index (χ4v) is 5.75. The largest absolute Gasteiger partial charge is 0.497 e. The number of methoxy groups -OCH3 is 2. The van der Waals surface area contributed by atoms with E-state index in [-0.39, 0.29) is 29.0 Å². The molecule has 0 atom stereocenters. The molecule has 0 N–H and O–H groups in total. The number of para-hydroxylation sites is 1. The molecule has 2 amide bonds. The van der Waals surface area contributed by atoms with Crippen molar-refractivity contribution in [2.24, 2.45) is 4.99 Å². The van der Waals surface area contributed by atoms with Gasteiger partial charge in [-0.15, -0.1) is 0 Å². The van der Waals surface area contributed by atoms with Crippen molar-refractivity contribution < 1.29 is 23.9 Å². The number of aliphatic imine (C=N–C) groups is 1. The van der Waals surface area contributed by atoms with Crippen LogP contribution in [0.5, 0.6) is 11.5 Å². The summed E-state index contributed by atoms with van der Waals surface area (Å²) in [6.07, 6.45) is 1.68. The van der Waals surface area contributed by atoms with Crippen molar-refractivity contribution >= 4 is 52.0 Å². The van der Waals surface area contributed by atoms with Crippen LogP contribution in [0.15, 0.2) is 83.5 Å². The van der Waals surface area contributed by atoms with E-state index < -0.39 is 0 Å². The molecule has 216 valence electrons. The van der Waals surface area contributed by atoms with Crippen LogP contribution in [0, 0.1) is 0 Å². The van der Waals surface area contributed by atoms with Gasteiger partial charge in [-0.3, -0.25) is 19.3 Å². The second-order valence-electron chi connectivity index (χ2n) is 9.77. The van der Waals surface area contributed by atoms with E-state index >= 15 is 0 Å². The first kappa shape index (κ1) is 28.9. The van der Waals surface area contributed by atoms with E-state index in [1.54, 1.807) is 50.3 Å². The number of Topliss-reactive ketones (excluding diaryl/α,β-unsaturated/α-hetero) is 1. The van der Waals surface area contributed by atoms with Crippen LogP contribution in [0.25, 0.3) is 6.08 Å². The van der Waals surface area contributed by atoms with Crippen LogP contribution in [-0.4, -0.2) is 73.8 Å². The van der Waals surface area contributed by atoms with Crippen molar-refractivity contribution in [2.75, 3.05) is 56.0 Å². The quantitative estimate of drug-likeness (QED) is 0.279. The molecule has 0 spiro atoms. The zero-order chi connectivity index (χ0) is 29.6. The molecule has 2 aliphatic heterocycles. The van der Waals surface area contributed by atoms with E-state index in [2.05, 4.69) is 9.89 Å². The summed E-state index contributed by atoms with van der Waals surface area (Å²) in [6, 6.07) is 22.2. The number of carbonyl (C=O) groups is 3. The predicted octanol–water partition coefficient (Wildman–Crippen LogP) is 4.73. The third-order valence-corrected chi connectivity index (χ3v) is 8.09. The van der Waals surface area contributed by atoms with E-state index in [0.29, 0.717) is 59.7 Å². The highest BCUT2D eigenvalue weighted by Crippen LogP contribution is 2.32. The van der Waals surface area contributed by atoms with Crippen LogP contribution >= 0.6 is 11.8 Å². The number of hydrogen-bond acceptors (Lipinski definition) is 8. The highest BCUT2D eigenvalue weighted by molar-refractivity contribution is 8.14. The standard InChI is InChI=1S/C32H32N4O5S/c1-22(37)23-9-11-25(12-10-23)34-15-17-35(18-16-34)30(38)21-42-32-33-28(31(39)36(32)26-7-5-4-6-8-26)20-24-19-27(40-2)13-14-29(24)41-3/h4-14,19-20H,15-18,21H2,1-3H3. The molecular formula is C32H32N4O5S. The normalized spacial score (nSPS) is 16.1. The van der Waals surface area contributed by atoms with Gasteiger partial charge < -0.3 is 19.3 Å². The number of hydrogen-bond donors (Lipinski definition) is 0. The van der Waals surface area contributed by atoms with Gasteiger partial charge in [0, 0.05) is 43.0 Å². The first-order valence-corrected chi connectivity index (χ1v) is 14.5. The number of piperazine rings is 1. The molecule has 3 aromatic rings. The van der Waals surface area contributed by atoms with E-state index in [9.17, 15) is 14.4 Å². The third-order valence-electron chi connectivity index (χ3n) is 7.17. The van der Waals surface area contributed by atoms with Crippen molar-refractivity contribution in [2.45, 2.75) is 6.92 Å². The minimum atomic E-state index is -0.287. The lowest BCUT2D eigenvalue weighted by Gasteiger charge is -2.36. The summed E-state index contributed by atoms with van der Waals surface area (Å²) in [4.78, 5) is 48.6. The number of ketones is 1. The molecule has 1 saturated heterocycles. The Balaban J connectivity index is 1.29. The lowest BCUT2D eigenvalue weighted by atomic mass is 10.1. The van der Waals surface area contributed by atoms with E-state index in [1.165, 1.54) is 11.8 Å². The maximum Gasteiger partial charge on any atom is 0.283 e. The molecule has 0 aliphatic carbocycles. The van der Waals surface area contributed by atoms with Crippen molar-refractivity contribution in [1.29, 1.82) is 0 Å². The van der Waals surface area contributed by atoms with Gasteiger partial charge in [-0.25, -0.2) is 4.99 Å². The maximum atomic E-state index is 13.6. The van der Waals surface area contributed by atoms with Crippen LogP contribution < -0.4 is 19.3 Å². The fraction of sp³-hybridized carbons (Fsp3) is 0.250. The molecule has 0 bridgehead atoms. The molecule has 5 rings (SSSR count). The van der Waals surface area contributed by atoms with Crippen LogP contribution in [0.1, 0.15) is 22.8 Å². The third kappa shape index (κ3) is 6.33. The Morgan fingerprint density at radius 3 is 2.26 bits per heavy atom. The van der Waals surface area contributed by atoms with Gasteiger partial charge in [0.05, 0.1) is 25.7 Å². The smallest absolute Gasteiger partial charge is 0.283 e. The summed E-state index contributed by atoms with van der Waals surface area (Å²) in [5.74, 6) is 1.11. The Morgan fingerprint density at radius 2 is 1.62 bits per heavy atom. The van der Waals surface area contributed by atoms with Crippen LogP contribution in [0.3, 0.4) is 0 Å². The van der Waals surface area contributed by atoms with E-state index in [4.69, 9.17) is 9.47 Å². The molecule has 0 radical (unpaired) electrons. The van der Waals surface area contributed by atoms with Crippen LogP contribution in [-0.2, 0) is 9.59 Å². The SMILES string of the molecule is COc1ccc(OC)c(C=C2N=C(SCC(=O)N3CCN(c4ccc(C(C)=O)cc4)CC3)N(c3ccccc3)C2=O)c1. The molecule has 10 heteroatoms. The molecule has 2 aliphatic rings. The first-order chi connectivity index (χ1) is 20.4. The average molecular weight is 585 g/mol. The van der Waals surface area contributed by atoms with Gasteiger partial charge in [0.25, 0.3) is 5.91 Å². The second kappa shape index (κ2) is 12.9. The molecule has 2 heterocycles. The van der Waals surface area contributed by atoms with E-state index in [1.807, 2.05) is 59.5 Å². The Hall–Kier alpha value is -4.57. The van der Waals surface area contributed by atoms with Crippen LogP contribution in [0.4, 0.5) is 11.4 Å². The summed E-state index contributed by atoms with van der Waals surface area (Å²) in [7, 11) is 3.14. The lowest BCUT2D eigenvalue weighted by molar-refractivity contribution is -0.128. The minimum absolute atomic E-state index is 0.0124. The highest BCUT2D eigenvalue weighted by Gasteiger charge is 2.33. The van der Waals surface area contributed by atoms with Crippen molar-refractivity contribution in [3.05, 3.63) is 89.6 Å². The molecule has 3 aromatic carbocycles. The maximum absolute atomic E-state index is 13.6. The number of nitrogens with zero attached hydrogens (tertiary/aromatic N) is 4. The molecule has 9 nitrogen and oxygen atoms in total. The van der Waals surface area contributed by atoms with Crippen molar-refractivity contribution in [1.82, 2.24) is 4.90 Å². The first-order valence-electron chi connectivity index (χ1n) is 13.6. The molecule has 0 aromatic heterocycles. The molecule has 0 saturated carbocycles. The molecule has 1 fully saturated rings. The molecule has 0 unspecified atom stereocenters. The summed E-state index contributed by atoms with van der Waals surface area (Å²) < 4.78 is 10.8. The van der Waals surface area contributed by atoms with E-state index in [0.717, 1.165) is 5.69 Å². The zero-order valence-corrected chi connectivity index (χ0v) is 24.6. The minimum Gasteiger partial charge on any atom is -0.497 e.